The smallest absolute Gasteiger partial charge is 0.255 e. The van der Waals surface area contributed by atoms with Crippen molar-refractivity contribution in [1.29, 1.82) is 0 Å². The first-order valence-electron chi connectivity index (χ1n) is 6.85. The number of ether oxygens (including phenoxy) is 1. The first kappa shape index (κ1) is 16.3. The summed E-state index contributed by atoms with van der Waals surface area (Å²) in [6.45, 7) is -0.182. The fourth-order valence-electron chi connectivity index (χ4n) is 2.24. The van der Waals surface area contributed by atoms with E-state index in [9.17, 15) is 9.90 Å². The molecular weight excluding hydrogens is 302 g/mol. The van der Waals surface area contributed by atoms with Gasteiger partial charge in [0.15, 0.2) is 0 Å². The quantitative estimate of drug-likeness (QED) is 0.921. The molecule has 0 heterocycles. The molecule has 1 N–H and O–H groups in total. The van der Waals surface area contributed by atoms with Gasteiger partial charge in [-0.2, -0.15) is 0 Å². The molecule has 5 heteroatoms. The Bertz CT molecular complexity index is 643. The van der Waals surface area contributed by atoms with Crippen molar-refractivity contribution in [3.63, 3.8) is 0 Å². The predicted molar refractivity (Wildman–Crippen MR) is 86.4 cm³/mol. The van der Waals surface area contributed by atoms with Crippen molar-refractivity contribution >= 4 is 17.5 Å². The van der Waals surface area contributed by atoms with Crippen LogP contribution in [0.15, 0.2) is 48.5 Å². The van der Waals surface area contributed by atoms with Crippen LogP contribution in [-0.2, 0) is 0 Å². The van der Waals surface area contributed by atoms with E-state index < -0.39 is 6.04 Å². The lowest BCUT2D eigenvalue weighted by Crippen LogP contribution is -2.33. The Hall–Kier alpha value is -2.04. The van der Waals surface area contributed by atoms with Crippen molar-refractivity contribution in [2.75, 3.05) is 20.8 Å². The first-order chi connectivity index (χ1) is 10.6. The van der Waals surface area contributed by atoms with Gasteiger partial charge in [-0.1, -0.05) is 35.9 Å². The molecule has 2 aromatic carbocycles. The third-order valence-corrected chi connectivity index (χ3v) is 3.90. The first-order valence-corrected chi connectivity index (χ1v) is 7.22. The maximum atomic E-state index is 12.6. The average molecular weight is 320 g/mol. The van der Waals surface area contributed by atoms with Crippen LogP contribution in [0.4, 0.5) is 0 Å². The van der Waals surface area contributed by atoms with Gasteiger partial charge in [-0.25, -0.2) is 0 Å². The van der Waals surface area contributed by atoms with Crippen LogP contribution in [-0.4, -0.2) is 36.7 Å². The molecule has 22 heavy (non-hydrogen) atoms. The number of hydrogen-bond donors (Lipinski definition) is 1. The third-order valence-electron chi connectivity index (χ3n) is 3.57. The second kappa shape index (κ2) is 7.29. The highest BCUT2D eigenvalue weighted by atomic mass is 35.5. The van der Waals surface area contributed by atoms with E-state index in [0.29, 0.717) is 10.6 Å². The van der Waals surface area contributed by atoms with E-state index in [4.69, 9.17) is 16.3 Å². The van der Waals surface area contributed by atoms with Crippen molar-refractivity contribution in [2.45, 2.75) is 6.04 Å². The number of rotatable bonds is 5. The largest absolute Gasteiger partial charge is 0.497 e. The molecule has 0 aliphatic rings. The summed E-state index contributed by atoms with van der Waals surface area (Å²) in [5, 5.41) is 10.1. The maximum Gasteiger partial charge on any atom is 0.255 e. The van der Waals surface area contributed by atoms with Crippen LogP contribution in [0.3, 0.4) is 0 Å². The second-order valence-electron chi connectivity index (χ2n) is 4.87. The van der Waals surface area contributed by atoms with Gasteiger partial charge in [-0.15, -0.1) is 0 Å². The lowest BCUT2D eigenvalue weighted by molar-refractivity contribution is 0.0658. The molecule has 1 amide bonds. The lowest BCUT2D eigenvalue weighted by Gasteiger charge is -2.27. The highest BCUT2D eigenvalue weighted by molar-refractivity contribution is 6.33. The summed E-state index contributed by atoms with van der Waals surface area (Å²) in [5.41, 5.74) is 1.24. The minimum atomic E-state index is -0.449. The van der Waals surface area contributed by atoms with Crippen LogP contribution in [0.5, 0.6) is 5.75 Å². The second-order valence-corrected chi connectivity index (χ2v) is 5.27. The Balaban J connectivity index is 2.26. The van der Waals surface area contributed by atoms with Gasteiger partial charge in [0, 0.05) is 7.05 Å². The Morgan fingerprint density at radius 2 is 1.86 bits per heavy atom. The number of likely N-dealkylation sites (N-methyl/N-ethyl adjacent to an activating group) is 1. The molecule has 0 bridgehead atoms. The number of halogens is 1. The van der Waals surface area contributed by atoms with E-state index >= 15 is 0 Å². The van der Waals surface area contributed by atoms with Crippen molar-refractivity contribution < 1.29 is 14.6 Å². The van der Waals surface area contributed by atoms with Gasteiger partial charge in [0.25, 0.3) is 5.91 Å². The van der Waals surface area contributed by atoms with Gasteiger partial charge in [-0.3, -0.25) is 4.79 Å². The molecule has 0 saturated carbocycles. The number of amides is 1. The van der Waals surface area contributed by atoms with Gasteiger partial charge < -0.3 is 14.7 Å². The number of nitrogens with zero attached hydrogens (tertiary/aromatic N) is 1. The fraction of sp³-hybridized carbons (Fsp3) is 0.235. The van der Waals surface area contributed by atoms with Gasteiger partial charge >= 0.3 is 0 Å². The zero-order valence-corrected chi connectivity index (χ0v) is 13.2. The molecule has 4 nitrogen and oxygen atoms in total. The Labute approximate surface area is 134 Å². The summed E-state index contributed by atoms with van der Waals surface area (Å²) in [6, 6.07) is 13.7. The molecule has 0 aliphatic heterocycles. The van der Waals surface area contributed by atoms with Crippen LogP contribution in [0, 0.1) is 0 Å². The normalized spacial score (nSPS) is 11.8. The molecule has 0 radical (unpaired) electrons. The maximum absolute atomic E-state index is 12.6. The van der Waals surface area contributed by atoms with Crippen LogP contribution in [0.25, 0.3) is 0 Å². The number of benzene rings is 2. The minimum absolute atomic E-state index is 0.182. The molecule has 0 fully saturated rings. The summed E-state index contributed by atoms with van der Waals surface area (Å²) < 4.78 is 5.12. The zero-order valence-electron chi connectivity index (χ0n) is 12.5. The van der Waals surface area contributed by atoms with Gasteiger partial charge in [0.05, 0.1) is 30.3 Å². The molecular formula is C17H18ClNO3. The minimum Gasteiger partial charge on any atom is -0.497 e. The van der Waals surface area contributed by atoms with Crippen molar-refractivity contribution in [1.82, 2.24) is 4.90 Å². The number of hydrogen-bond acceptors (Lipinski definition) is 3. The van der Waals surface area contributed by atoms with Crippen LogP contribution in [0.2, 0.25) is 5.02 Å². The van der Waals surface area contributed by atoms with Crippen molar-refractivity contribution in [2.24, 2.45) is 0 Å². The van der Waals surface area contributed by atoms with E-state index in [1.54, 1.807) is 50.6 Å². The Morgan fingerprint density at radius 1 is 1.23 bits per heavy atom. The van der Waals surface area contributed by atoms with Crippen LogP contribution in [0.1, 0.15) is 22.0 Å². The molecule has 0 aliphatic carbocycles. The Morgan fingerprint density at radius 3 is 2.41 bits per heavy atom. The predicted octanol–water partition coefficient (Wildman–Crippen LogP) is 3.15. The van der Waals surface area contributed by atoms with Crippen molar-refractivity contribution in [3.05, 3.63) is 64.7 Å². The monoisotopic (exact) mass is 319 g/mol. The topological polar surface area (TPSA) is 49.8 Å². The number of methoxy groups -OCH3 is 1. The standard InChI is InChI=1S/C17H18ClNO3/c1-19(17(21)14-5-3-4-6-15(14)18)16(11-20)12-7-9-13(22-2)10-8-12/h3-10,16,20H,11H2,1-2H3/t16-/m0/s1. The van der Waals surface area contributed by atoms with E-state index in [1.807, 2.05) is 12.1 Å². The summed E-state index contributed by atoms with van der Waals surface area (Å²) in [4.78, 5) is 14.1. The molecule has 2 aromatic rings. The van der Waals surface area contributed by atoms with Crippen LogP contribution < -0.4 is 4.74 Å². The number of aliphatic hydroxyl groups excluding tert-OH is 1. The number of carbonyl (C=O) groups is 1. The van der Waals surface area contributed by atoms with Gasteiger partial charge in [-0.05, 0) is 29.8 Å². The molecule has 0 unspecified atom stereocenters. The van der Waals surface area contributed by atoms with E-state index in [0.717, 1.165) is 11.3 Å². The summed E-state index contributed by atoms with van der Waals surface area (Å²) in [6.07, 6.45) is 0. The van der Waals surface area contributed by atoms with E-state index in [2.05, 4.69) is 0 Å². The van der Waals surface area contributed by atoms with E-state index in [-0.39, 0.29) is 12.5 Å². The lowest BCUT2D eigenvalue weighted by atomic mass is 10.0. The number of aliphatic hydroxyl groups is 1. The van der Waals surface area contributed by atoms with Crippen LogP contribution >= 0.6 is 11.6 Å². The molecule has 1 atom stereocenters. The highest BCUT2D eigenvalue weighted by Gasteiger charge is 2.23. The SMILES string of the molecule is COc1ccc([C@H](CO)N(C)C(=O)c2ccccc2Cl)cc1. The van der Waals surface area contributed by atoms with E-state index in [1.165, 1.54) is 4.90 Å². The molecule has 0 spiro atoms. The third kappa shape index (κ3) is 3.40. The van der Waals surface area contributed by atoms with Crippen molar-refractivity contribution in [3.8, 4) is 5.75 Å². The fourth-order valence-corrected chi connectivity index (χ4v) is 2.46. The zero-order chi connectivity index (χ0) is 16.1. The Kier molecular flexibility index (Phi) is 5.41. The summed E-state index contributed by atoms with van der Waals surface area (Å²) >= 11 is 6.07. The average Bonchev–Trinajstić information content (AvgIpc) is 2.56. The van der Waals surface area contributed by atoms with Gasteiger partial charge in [0.1, 0.15) is 5.75 Å². The molecule has 0 aromatic heterocycles. The summed E-state index contributed by atoms with van der Waals surface area (Å²) in [5.74, 6) is 0.487. The summed E-state index contributed by atoms with van der Waals surface area (Å²) in [7, 11) is 3.24. The van der Waals surface area contributed by atoms with Gasteiger partial charge in [0.2, 0.25) is 0 Å². The number of carbonyl (C=O) groups excluding carboxylic acids is 1. The highest BCUT2D eigenvalue weighted by Crippen LogP contribution is 2.25. The molecule has 2 rings (SSSR count). The molecule has 116 valence electrons. The molecule has 0 saturated heterocycles.